The zero-order chi connectivity index (χ0) is 13.8. The molecule has 4 nitrogen and oxygen atoms in total. The smallest absolute Gasteiger partial charge is 0.221 e. The third-order valence-electron chi connectivity index (χ3n) is 2.56. The zero-order valence-electron chi connectivity index (χ0n) is 11.7. The van der Waals surface area contributed by atoms with E-state index in [1.807, 2.05) is 6.92 Å². The molecule has 0 saturated heterocycles. The summed E-state index contributed by atoms with van der Waals surface area (Å²) < 4.78 is 5.15. The summed E-state index contributed by atoms with van der Waals surface area (Å²) in [7, 11) is 1.60. The van der Waals surface area contributed by atoms with Gasteiger partial charge in [-0.2, -0.15) is 0 Å². The highest BCUT2D eigenvalue weighted by atomic mass is 35.5. The fourth-order valence-electron chi connectivity index (χ4n) is 1.76. The summed E-state index contributed by atoms with van der Waals surface area (Å²) in [5.74, 6) is 1.37. The molecule has 0 fully saturated rings. The number of aromatic nitrogens is 2. The van der Waals surface area contributed by atoms with E-state index in [4.69, 9.17) is 16.3 Å². The van der Waals surface area contributed by atoms with Crippen molar-refractivity contribution in [1.29, 1.82) is 0 Å². The van der Waals surface area contributed by atoms with Crippen molar-refractivity contribution in [2.75, 3.05) is 19.0 Å². The Kier molecular flexibility index (Phi) is 5.20. The van der Waals surface area contributed by atoms with Gasteiger partial charge in [-0.15, -0.1) is 11.6 Å². The lowest BCUT2D eigenvalue weighted by Crippen LogP contribution is -2.21. The first kappa shape index (κ1) is 15.0. The lowest BCUT2D eigenvalue weighted by molar-refractivity contribution is 0.373. The van der Waals surface area contributed by atoms with Gasteiger partial charge in [-0.3, -0.25) is 0 Å². The van der Waals surface area contributed by atoms with Crippen molar-refractivity contribution < 1.29 is 4.74 Å². The number of nitrogens with zero attached hydrogens (tertiary/aromatic N) is 2. The second kappa shape index (κ2) is 6.23. The van der Waals surface area contributed by atoms with Gasteiger partial charge < -0.3 is 10.1 Å². The number of methoxy groups -OCH3 is 1. The van der Waals surface area contributed by atoms with Gasteiger partial charge in [0.1, 0.15) is 12.1 Å². The number of anilines is 1. The molecular formula is C13H22ClN3O. The molecule has 0 spiro atoms. The highest BCUT2D eigenvalue weighted by Crippen LogP contribution is 2.25. The minimum Gasteiger partial charge on any atom is -0.481 e. The predicted octanol–water partition coefficient (Wildman–Crippen LogP) is 3.25. The van der Waals surface area contributed by atoms with Crippen molar-refractivity contribution in [3.63, 3.8) is 0 Å². The maximum Gasteiger partial charge on any atom is 0.221 e. The van der Waals surface area contributed by atoms with E-state index in [0.717, 1.165) is 17.8 Å². The van der Waals surface area contributed by atoms with E-state index in [1.54, 1.807) is 7.11 Å². The van der Waals surface area contributed by atoms with Crippen LogP contribution in [0, 0.1) is 12.3 Å². The molecule has 102 valence electrons. The predicted molar refractivity (Wildman–Crippen MR) is 75.5 cm³/mol. The monoisotopic (exact) mass is 271 g/mol. The van der Waals surface area contributed by atoms with Gasteiger partial charge in [-0.05, 0) is 18.8 Å². The Bertz CT molecular complexity index is 390. The molecule has 0 aliphatic carbocycles. The fraction of sp³-hybridized carbons (Fsp3) is 0.692. The van der Waals surface area contributed by atoms with Crippen molar-refractivity contribution in [1.82, 2.24) is 9.97 Å². The normalized spacial score (nSPS) is 13.2. The number of nitrogens with one attached hydrogen (secondary N) is 1. The van der Waals surface area contributed by atoms with Crippen LogP contribution >= 0.6 is 11.6 Å². The summed E-state index contributed by atoms with van der Waals surface area (Å²) in [4.78, 5) is 8.23. The van der Waals surface area contributed by atoms with Crippen LogP contribution in [0.25, 0.3) is 0 Å². The number of halogens is 1. The molecule has 1 aromatic heterocycles. The fourth-order valence-corrected chi connectivity index (χ4v) is 2.30. The number of hydrogen-bond acceptors (Lipinski definition) is 4. The van der Waals surface area contributed by atoms with Crippen LogP contribution < -0.4 is 10.1 Å². The Hall–Kier alpha value is -1.03. The highest BCUT2D eigenvalue weighted by Gasteiger charge is 2.17. The first-order valence-corrected chi connectivity index (χ1v) is 6.50. The molecule has 1 rings (SSSR count). The van der Waals surface area contributed by atoms with Crippen LogP contribution in [0.15, 0.2) is 6.33 Å². The van der Waals surface area contributed by atoms with E-state index in [0.29, 0.717) is 12.4 Å². The lowest BCUT2D eigenvalue weighted by atomic mass is 9.90. The second-order valence-electron chi connectivity index (χ2n) is 5.60. The molecule has 0 amide bonds. The summed E-state index contributed by atoms with van der Waals surface area (Å²) in [6.45, 7) is 9.15. The molecule has 0 aliphatic heterocycles. The topological polar surface area (TPSA) is 47.0 Å². The molecule has 1 N–H and O–H groups in total. The molecule has 1 unspecified atom stereocenters. The maximum atomic E-state index is 6.30. The molecule has 18 heavy (non-hydrogen) atoms. The first-order chi connectivity index (χ1) is 8.33. The van der Waals surface area contributed by atoms with Crippen LogP contribution in [0.1, 0.15) is 32.8 Å². The van der Waals surface area contributed by atoms with Crippen molar-refractivity contribution in [2.45, 2.75) is 39.5 Å². The summed E-state index contributed by atoms with van der Waals surface area (Å²) in [6, 6.07) is 0. The average molecular weight is 272 g/mol. The van der Waals surface area contributed by atoms with Gasteiger partial charge in [0.2, 0.25) is 5.88 Å². The van der Waals surface area contributed by atoms with Crippen LogP contribution in [0.2, 0.25) is 0 Å². The molecule has 1 heterocycles. The molecule has 0 aliphatic rings. The summed E-state index contributed by atoms with van der Waals surface area (Å²) in [6.07, 6.45) is 2.43. The SMILES string of the molecule is COc1ncnc(NCC(Cl)CC(C)(C)C)c1C. The van der Waals surface area contributed by atoms with Crippen LogP contribution in [0.4, 0.5) is 5.82 Å². The van der Waals surface area contributed by atoms with Gasteiger partial charge in [0, 0.05) is 6.54 Å². The van der Waals surface area contributed by atoms with Gasteiger partial charge in [0.25, 0.3) is 0 Å². The molecule has 0 bridgehead atoms. The largest absolute Gasteiger partial charge is 0.481 e. The Morgan fingerprint density at radius 3 is 2.61 bits per heavy atom. The van der Waals surface area contributed by atoms with E-state index in [1.165, 1.54) is 6.33 Å². The summed E-state index contributed by atoms with van der Waals surface area (Å²) in [5, 5.41) is 3.32. The lowest BCUT2D eigenvalue weighted by Gasteiger charge is -2.22. The minimum absolute atomic E-state index is 0.0744. The highest BCUT2D eigenvalue weighted by molar-refractivity contribution is 6.20. The third-order valence-corrected chi connectivity index (χ3v) is 2.86. The Balaban J connectivity index is 2.58. The molecule has 1 atom stereocenters. The summed E-state index contributed by atoms with van der Waals surface area (Å²) >= 11 is 6.30. The molecule has 5 heteroatoms. The van der Waals surface area contributed by atoms with Crippen molar-refractivity contribution in [3.05, 3.63) is 11.9 Å². The summed E-state index contributed by atoms with van der Waals surface area (Å²) in [5.41, 5.74) is 1.13. The maximum absolute atomic E-state index is 6.30. The minimum atomic E-state index is 0.0744. The quantitative estimate of drug-likeness (QED) is 0.835. The van der Waals surface area contributed by atoms with Crippen molar-refractivity contribution in [2.24, 2.45) is 5.41 Å². The van der Waals surface area contributed by atoms with Crippen LogP contribution in [0.5, 0.6) is 5.88 Å². The zero-order valence-corrected chi connectivity index (χ0v) is 12.5. The average Bonchev–Trinajstić information content (AvgIpc) is 2.25. The van der Waals surface area contributed by atoms with Gasteiger partial charge in [0.15, 0.2) is 0 Å². The Morgan fingerprint density at radius 2 is 2.06 bits per heavy atom. The molecular weight excluding hydrogens is 250 g/mol. The molecule has 0 saturated carbocycles. The van der Waals surface area contributed by atoms with Gasteiger partial charge in [0.05, 0.1) is 18.1 Å². The van der Waals surface area contributed by atoms with Crippen molar-refractivity contribution in [3.8, 4) is 5.88 Å². The van der Waals surface area contributed by atoms with E-state index in [9.17, 15) is 0 Å². The standard InChI is InChI=1S/C13H22ClN3O/c1-9-11(16-8-17-12(9)18-5)15-7-10(14)6-13(2,3)4/h8,10H,6-7H2,1-5H3,(H,15,16,17). The number of rotatable bonds is 5. The van der Waals surface area contributed by atoms with Gasteiger partial charge >= 0.3 is 0 Å². The molecule has 0 aromatic carbocycles. The van der Waals surface area contributed by atoms with E-state index < -0.39 is 0 Å². The Labute approximate surface area is 114 Å². The van der Waals surface area contributed by atoms with Gasteiger partial charge in [-0.25, -0.2) is 9.97 Å². The second-order valence-corrected chi connectivity index (χ2v) is 6.22. The van der Waals surface area contributed by atoms with Crippen LogP contribution in [-0.4, -0.2) is 29.0 Å². The van der Waals surface area contributed by atoms with E-state index in [2.05, 4.69) is 36.1 Å². The number of hydrogen-bond donors (Lipinski definition) is 1. The van der Waals surface area contributed by atoms with Crippen LogP contribution in [0.3, 0.4) is 0 Å². The van der Waals surface area contributed by atoms with Crippen LogP contribution in [-0.2, 0) is 0 Å². The first-order valence-electron chi connectivity index (χ1n) is 6.07. The third kappa shape index (κ3) is 4.69. The molecule has 0 radical (unpaired) electrons. The van der Waals surface area contributed by atoms with Crippen molar-refractivity contribution >= 4 is 17.4 Å². The van der Waals surface area contributed by atoms with E-state index in [-0.39, 0.29) is 10.8 Å². The number of ether oxygens (including phenoxy) is 1. The van der Waals surface area contributed by atoms with E-state index >= 15 is 0 Å². The molecule has 1 aromatic rings. The Morgan fingerprint density at radius 1 is 1.39 bits per heavy atom. The van der Waals surface area contributed by atoms with Gasteiger partial charge in [-0.1, -0.05) is 20.8 Å². The number of alkyl halides is 1.